The molecule has 0 aromatic rings. The van der Waals surface area contributed by atoms with Crippen LogP contribution in [0.5, 0.6) is 0 Å². The van der Waals surface area contributed by atoms with Crippen molar-refractivity contribution in [3.8, 4) is 0 Å². The zero-order chi connectivity index (χ0) is 13.7. The molecule has 0 aromatic carbocycles. The van der Waals surface area contributed by atoms with Crippen LogP contribution >= 0.6 is 0 Å². The van der Waals surface area contributed by atoms with Crippen LogP contribution in [0, 0.1) is 11.8 Å². The Morgan fingerprint density at radius 1 is 1.37 bits per heavy atom. The molecular formula is C15H28N2O2. The number of morpholine rings is 1. The minimum absolute atomic E-state index is 0.165. The summed E-state index contributed by atoms with van der Waals surface area (Å²) in [5, 5.41) is 3.08. The van der Waals surface area contributed by atoms with E-state index in [1.54, 1.807) is 0 Å². The predicted molar refractivity (Wildman–Crippen MR) is 76.0 cm³/mol. The van der Waals surface area contributed by atoms with Gasteiger partial charge in [0, 0.05) is 32.1 Å². The third-order valence-corrected chi connectivity index (χ3v) is 4.08. The first-order valence-electron chi connectivity index (χ1n) is 7.77. The van der Waals surface area contributed by atoms with Crippen molar-refractivity contribution in [1.82, 2.24) is 10.2 Å². The molecule has 1 aliphatic carbocycles. The fourth-order valence-corrected chi connectivity index (χ4v) is 3.13. The lowest BCUT2D eigenvalue weighted by atomic mass is 10.1. The van der Waals surface area contributed by atoms with E-state index < -0.39 is 0 Å². The van der Waals surface area contributed by atoms with E-state index >= 15 is 0 Å². The number of nitrogens with zero attached hydrogens (tertiary/aromatic N) is 1. The summed E-state index contributed by atoms with van der Waals surface area (Å²) >= 11 is 0. The highest BCUT2D eigenvalue weighted by atomic mass is 16.5. The lowest BCUT2D eigenvalue weighted by Gasteiger charge is -2.34. The number of hydrogen-bond donors (Lipinski definition) is 1. The molecule has 1 aliphatic heterocycles. The minimum atomic E-state index is 0.165. The van der Waals surface area contributed by atoms with Gasteiger partial charge in [0.15, 0.2) is 0 Å². The van der Waals surface area contributed by atoms with Gasteiger partial charge >= 0.3 is 0 Å². The molecule has 1 heterocycles. The van der Waals surface area contributed by atoms with Crippen LogP contribution in [0.1, 0.15) is 39.5 Å². The number of rotatable bonds is 5. The molecule has 0 aromatic heterocycles. The van der Waals surface area contributed by atoms with Gasteiger partial charge in [-0.2, -0.15) is 0 Å². The molecule has 110 valence electrons. The molecule has 0 radical (unpaired) electrons. The Labute approximate surface area is 116 Å². The van der Waals surface area contributed by atoms with E-state index in [0.717, 1.165) is 39.1 Å². The number of ether oxygens (including phenoxy) is 1. The molecule has 0 spiro atoms. The SMILES string of the molecule is CC(C)CN1CCOC(CNC(=O)C2CCCC2)C1. The fraction of sp³-hybridized carbons (Fsp3) is 0.933. The molecule has 1 amide bonds. The minimum Gasteiger partial charge on any atom is -0.374 e. The molecule has 2 fully saturated rings. The maximum absolute atomic E-state index is 12.0. The first-order chi connectivity index (χ1) is 9.15. The summed E-state index contributed by atoms with van der Waals surface area (Å²) < 4.78 is 5.75. The van der Waals surface area contributed by atoms with Gasteiger partial charge in [-0.3, -0.25) is 9.69 Å². The molecule has 2 aliphatic rings. The van der Waals surface area contributed by atoms with Gasteiger partial charge in [-0.1, -0.05) is 26.7 Å². The largest absolute Gasteiger partial charge is 0.374 e. The van der Waals surface area contributed by atoms with Crippen LogP contribution in [-0.2, 0) is 9.53 Å². The first kappa shape index (κ1) is 14.8. The van der Waals surface area contributed by atoms with Gasteiger partial charge < -0.3 is 10.1 Å². The van der Waals surface area contributed by atoms with Crippen molar-refractivity contribution in [3.05, 3.63) is 0 Å². The van der Waals surface area contributed by atoms with Crippen LogP contribution in [0.25, 0.3) is 0 Å². The molecule has 0 bridgehead atoms. The molecular weight excluding hydrogens is 240 g/mol. The molecule has 1 saturated heterocycles. The Bertz CT molecular complexity index is 288. The zero-order valence-electron chi connectivity index (χ0n) is 12.4. The van der Waals surface area contributed by atoms with Crippen LogP contribution in [-0.4, -0.2) is 49.7 Å². The molecule has 1 unspecified atom stereocenters. The number of hydrogen-bond acceptors (Lipinski definition) is 3. The summed E-state index contributed by atoms with van der Waals surface area (Å²) in [5.74, 6) is 1.18. The summed E-state index contributed by atoms with van der Waals surface area (Å²) in [6.07, 6.45) is 4.71. The summed E-state index contributed by atoms with van der Waals surface area (Å²) in [6.45, 7) is 9.03. The predicted octanol–water partition coefficient (Wildman–Crippen LogP) is 1.65. The highest BCUT2D eigenvalue weighted by Gasteiger charge is 2.25. The Morgan fingerprint density at radius 3 is 2.79 bits per heavy atom. The van der Waals surface area contributed by atoms with Gasteiger partial charge in [-0.25, -0.2) is 0 Å². The average Bonchev–Trinajstić information content (AvgIpc) is 2.89. The quantitative estimate of drug-likeness (QED) is 0.824. The third-order valence-electron chi connectivity index (χ3n) is 4.08. The van der Waals surface area contributed by atoms with Crippen LogP contribution in [0.15, 0.2) is 0 Å². The third kappa shape index (κ3) is 4.77. The van der Waals surface area contributed by atoms with E-state index in [9.17, 15) is 4.79 Å². The summed E-state index contributed by atoms with van der Waals surface area (Å²) in [5.41, 5.74) is 0. The second-order valence-corrected chi connectivity index (χ2v) is 6.37. The molecule has 1 N–H and O–H groups in total. The van der Waals surface area contributed by atoms with Crippen LogP contribution in [0.2, 0.25) is 0 Å². The standard InChI is InChI=1S/C15H28N2O2/c1-12(2)10-17-7-8-19-14(11-17)9-16-15(18)13-5-3-4-6-13/h12-14H,3-11H2,1-2H3,(H,16,18). The lowest BCUT2D eigenvalue weighted by Crippen LogP contribution is -2.48. The highest BCUT2D eigenvalue weighted by molar-refractivity contribution is 5.78. The maximum Gasteiger partial charge on any atom is 0.223 e. The van der Waals surface area contributed by atoms with Crippen molar-refractivity contribution in [1.29, 1.82) is 0 Å². The second kappa shape index (κ2) is 7.25. The van der Waals surface area contributed by atoms with Gasteiger partial charge in [0.1, 0.15) is 0 Å². The van der Waals surface area contributed by atoms with E-state index in [2.05, 4.69) is 24.1 Å². The fourth-order valence-electron chi connectivity index (χ4n) is 3.13. The highest BCUT2D eigenvalue weighted by Crippen LogP contribution is 2.24. The zero-order valence-corrected chi connectivity index (χ0v) is 12.4. The van der Waals surface area contributed by atoms with Crippen molar-refractivity contribution >= 4 is 5.91 Å². The molecule has 19 heavy (non-hydrogen) atoms. The van der Waals surface area contributed by atoms with Crippen LogP contribution in [0.3, 0.4) is 0 Å². The van der Waals surface area contributed by atoms with Gasteiger partial charge in [0.05, 0.1) is 12.7 Å². The van der Waals surface area contributed by atoms with Crippen molar-refractivity contribution in [3.63, 3.8) is 0 Å². The normalized spacial score (nSPS) is 25.9. The number of carbonyl (C=O) groups is 1. The number of amides is 1. The second-order valence-electron chi connectivity index (χ2n) is 6.37. The summed E-state index contributed by atoms with van der Waals surface area (Å²) in [4.78, 5) is 14.4. The molecule has 4 nitrogen and oxygen atoms in total. The Kier molecular flexibility index (Phi) is 5.64. The monoisotopic (exact) mass is 268 g/mol. The molecule has 2 rings (SSSR count). The van der Waals surface area contributed by atoms with Crippen LogP contribution < -0.4 is 5.32 Å². The van der Waals surface area contributed by atoms with Gasteiger partial charge in [0.25, 0.3) is 0 Å². The van der Waals surface area contributed by atoms with Crippen LogP contribution in [0.4, 0.5) is 0 Å². The topological polar surface area (TPSA) is 41.6 Å². The summed E-state index contributed by atoms with van der Waals surface area (Å²) in [7, 11) is 0. The van der Waals surface area contributed by atoms with Gasteiger partial charge in [-0.05, 0) is 18.8 Å². The van der Waals surface area contributed by atoms with Crippen molar-refractivity contribution in [2.45, 2.75) is 45.6 Å². The number of nitrogens with one attached hydrogen (secondary N) is 1. The van der Waals surface area contributed by atoms with E-state index in [1.165, 1.54) is 12.8 Å². The van der Waals surface area contributed by atoms with Crippen molar-refractivity contribution < 1.29 is 9.53 Å². The summed E-state index contributed by atoms with van der Waals surface area (Å²) in [6, 6.07) is 0. The number of carbonyl (C=O) groups excluding carboxylic acids is 1. The Hall–Kier alpha value is -0.610. The molecule has 1 saturated carbocycles. The maximum atomic E-state index is 12.0. The van der Waals surface area contributed by atoms with Gasteiger partial charge in [-0.15, -0.1) is 0 Å². The van der Waals surface area contributed by atoms with E-state index in [-0.39, 0.29) is 17.9 Å². The smallest absolute Gasteiger partial charge is 0.223 e. The van der Waals surface area contributed by atoms with E-state index in [4.69, 9.17) is 4.74 Å². The van der Waals surface area contributed by atoms with Gasteiger partial charge in [0.2, 0.25) is 5.91 Å². The Morgan fingerprint density at radius 2 is 2.11 bits per heavy atom. The Balaban J connectivity index is 1.68. The van der Waals surface area contributed by atoms with Crippen molar-refractivity contribution in [2.75, 3.05) is 32.8 Å². The van der Waals surface area contributed by atoms with E-state index in [0.29, 0.717) is 12.5 Å². The average molecular weight is 268 g/mol. The molecule has 4 heteroatoms. The van der Waals surface area contributed by atoms with E-state index in [1.807, 2.05) is 0 Å². The first-order valence-corrected chi connectivity index (χ1v) is 7.77. The van der Waals surface area contributed by atoms with Crippen molar-refractivity contribution in [2.24, 2.45) is 11.8 Å². The molecule has 1 atom stereocenters. The lowest BCUT2D eigenvalue weighted by molar-refractivity contribution is -0.126.